The third kappa shape index (κ3) is 4.12. The van der Waals surface area contributed by atoms with Crippen LogP contribution in [0.2, 0.25) is 0 Å². The van der Waals surface area contributed by atoms with Crippen LogP contribution in [0.5, 0.6) is 0 Å². The number of carbonyl (C=O) groups is 1. The van der Waals surface area contributed by atoms with Gasteiger partial charge in [-0.2, -0.15) is 0 Å². The highest BCUT2D eigenvalue weighted by Crippen LogP contribution is 2.30. The third-order valence-electron chi connectivity index (χ3n) is 5.20. The number of ether oxygens (including phenoxy) is 1. The zero-order valence-corrected chi connectivity index (χ0v) is 13.7. The maximum Gasteiger partial charge on any atom is 0.223 e. The fourth-order valence-corrected chi connectivity index (χ4v) is 3.87. The Morgan fingerprint density at radius 1 is 1.22 bits per heavy atom. The van der Waals surface area contributed by atoms with Crippen molar-refractivity contribution >= 4 is 5.91 Å². The van der Waals surface area contributed by atoms with E-state index in [1.165, 1.54) is 12.0 Å². The number of rotatable bonds is 4. The van der Waals surface area contributed by atoms with Gasteiger partial charge in [-0.1, -0.05) is 43.5 Å². The molecule has 1 aromatic carbocycles. The van der Waals surface area contributed by atoms with Crippen LogP contribution < -0.4 is 5.32 Å². The molecule has 1 aromatic rings. The quantitative estimate of drug-likeness (QED) is 0.840. The molecular formula is C19H27NO3. The number of benzene rings is 1. The summed E-state index contributed by atoms with van der Waals surface area (Å²) in [5, 5.41) is 12.7. The van der Waals surface area contributed by atoms with Gasteiger partial charge in [-0.3, -0.25) is 4.79 Å². The molecule has 4 nitrogen and oxygen atoms in total. The molecule has 0 spiro atoms. The van der Waals surface area contributed by atoms with Gasteiger partial charge in [-0.15, -0.1) is 0 Å². The molecule has 3 unspecified atom stereocenters. The van der Waals surface area contributed by atoms with Crippen LogP contribution in [0.15, 0.2) is 24.3 Å². The predicted octanol–water partition coefficient (Wildman–Crippen LogP) is 2.75. The molecule has 1 aliphatic heterocycles. The van der Waals surface area contributed by atoms with Crippen molar-refractivity contribution < 1.29 is 14.6 Å². The Morgan fingerprint density at radius 2 is 2.04 bits per heavy atom. The average molecular weight is 317 g/mol. The van der Waals surface area contributed by atoms with Gasteiger partial charge in [-0.25, -0.2) is 0 Å². The fraction of sp³-hybridized carbons (Fsp3) is 0.632. The summed E-state index contributed by atoms with van der Waals surface area (Å²) < 4.78 is 5.83. The maximum atomic E-state index is 12.5. The first kappa shape index (κ1) is 16.5. The molecular weight excluding hydrogens is 290 g/mol. The van der Waals surface area contributed by atoms with Crippen molar-refractivity contribution in [2.24, 2.45) is 5.92 Å². The summed E-state index contributed by atoms with van der Waals surface area (Å²) in [5.74, 6) is 0.234. The Morgan fingerprint density at radius 3 is 2.91 bits per heavy atom. The van der Waals surface area contributed by atoms with Crippen LogP contribution in [-0.4, -0.2) is 30.3 Å². The topological polar surface area (TPSA) is 58.6 Å². The number of carbonyl (C=O) groups excluding carboxylic acids is 1. The lowest BCUT2D eigenvalue weighted by molar-refractivity contribution is -0.125. The Balaban J connectivity index is 1.61. The first-order valence-electron chi connectivity index (χ1n) is 8.87. The van der Waals surface area contributed by atoms with Crippen LogP contribution in [0.1, 0.15) is 55.8 Å². The van der Waals surface area contributed by atoms with Crippen LogP contribution in [0.25, 0.3) is 0 Å². The number of fused-ring (bicyclic) bond motifs is 1. The molecule has 126 valence electrons. The Bertz CT molecular complexity index is 531. The van der Waals surface area contributed by atoms with Crippen molar-refractivity contribution in [3.05, 3.63) is 35.4 Å². The lowest BCUT2D eigenvalue weighted by Gasteiger charge is -2.28. The van der Waals surface area contributed by atoms with Gasteiger partial charge < -0.3 is 15.2 Å². The maximum absolute atomic E-state index is 12.5. The lowest BCUT2D eigenvalue weighted by atomic mass is 9.94. The van der Waals surface area contributed by atoms with Crippen LogP contribution in [0.3, 0.4) is 0 Å². The highest BCUT2D eigenvalue weighted by atomic mass is 16.5. The average Bonchev–Trinajstić information content (AvgIpc) is 2.80. The fourth-order valence-electron chi connectivity index (χ4n) is 3.87. The molecule has 0 aromatic heterocycles. The van der Waals surface area contributed by atoms with Crippen molar-refractivity contribution in [3.63, 3.8) is 0 Å². The monoisotopic (exact) mass is 317 g/mol. The van der Waals surface area contributed by atoms with Gasteiger partial charge in [0.1, 0.15) is 0 Å². The second-order valence-corrected chi connectivity index (χ2v) is 6.77. The van der Waals surface area contributed by atoms with Crippen LogP contribution in [0.4, 0.5) is 0 Å². The van der Waals surface area contributed by atoms with Crippen molar-refractivity contribution in [2.75, 3.05) is 13.2 Å². The van der Waals surface area contributed by atoms with E-state index in [9.17, 15) is 9.90 Å². The molecule has 1 heterocycles. The van der Waals surface area contributed by atoms with Crippen molar-refractivity contribution in [1.29, 1.82) is 0 Å². The predicted molar refractivity (Wildman–Crippen MR) is 89.0 cm³/mol. The van der Waals surface area contributed by atoms with E-state index in [4.69, 9.17) is 4.74 Å². The number of aliphatic hydroxyl groups excluding tert-OH is 1. The lowest BCUT2D eigenvalue weighted by Crippen LogP contribution is -2.41. The first-order valence-corrected chi connectivity index (χ1v) is 8.87. The molecule has 2 aliphatic rings. The van der Waals surface area contributed by atoms with Crippen molar-refractivity contribution in [2.45, 2.75) is 57.1 Å². The molecule has 0 saturated heterocycles. The van der Waals surface area contributed by atoms with Crippen LogP contribution >= 0.6 is 0 Å². The molecule has 1 aliphatic carbocycles. The summed E-state index contributed by atoms with van der Waals surface area (Å²) >= 11 is 0. The number of aliphatic hydroxyl groups is 1. The van der Waals surface area contributed by atoms with Crippen molar-refractivity contribution in [3.8, 4) is 0 Å². The number of hydrogen-bond acceptors (Lipinski definition) is 3. The minimum Gasteiger partial charge on any atom is -0.396 e. The first-order chi connectivity index (χ1) is 11.3. The molecule has 3 atom stereocenters. The molecule has 23 heavy (non-hydrogen) atoms. The van der Waals surface area contributed by atoms with E-state index >= 15 is 0 Å². The Kier molecular flexibility index (Phi) is 5.68. The molecule has 0 radical (unpaired) electrons. The zero-order valence-electron chi connectivity index (χ0n) is 13.7. The minimum absolute atomic E-state index is 0.0389. The smallest absolute Gasteiger partial charge is 0.223 e. The van der Waals surface area contributed by atoms with Gasteiger partial charge in [0.25, 0.3) is 0 Å². The van der Waals surface area contributed by atoms with Gasteiger partial charge in [0.05, 0.1) is 19.1 Å². The van der Waals surface area contributed by atoms with E-state index in [0.29, 0.717) is 13.0 Å². The van der Waals surface area contributed by atoms with Gasteiger partial charge in [0, 0.05) is 18.6 Å². The third-order valence-corrected chi connectivity index (χ3v) is 5.20. The number of amides is 1. The highest BCUT2D eigenvalue weighted by Gasteiger charge is 2.27. The molecule has 2 N–H and O–H groups in total. The van der Waals surface area contributed by atoms with E-state index in [-0.39, 0.29) is 30.6 Å². The molecule has 3 rings (SSSR count). The van der Waals surface area contributed by atoms with E-state index in [0.717, 1.165) is 37.7 Å². The van der Waals surface area contributed by atoms with Gasteiger partial charge in [-0.05, 0) is 30.4 Å². The summed E-state index contributed by atoms with van der Waals surface area (Å²) in [7, 11) is 0. The van der Waals surface area contributed by atoms with Gasteiger partial charge in [0.2, 0.25) is 5.91 Å². The summed E-state index contributed by atoms with van der Waals surface area (Å²) in [6.07, 6.45) is 6.60. The SMILES string of the molecule is O=C(CC1OCCc2ccccc21)NC1CCCCCC1CO. The van der Waals surface area contributed by atoms with E-state index in [1.807, 2.05) is 12.1 Å². The molecule has 0 bridgehead atoms. The Hall–Kier alpha value is -1.39. The molecule has 1 amide bonds. The zero-order chi connectivity index (χ0) is 16.1. The number of nitrogens with one attached hydrogen (secondary N) is 1. The largest absolute Gasteiger partial charge is 0.396 e. The molecule has 1 saturated carbocycles. The summed E-state index contributed by atoms with van der Waals surface area (Å²) in [5.41, 5.74) is 2.44. The van der Waals surface area contributed by atoms with Crippen LogP contribution in [-0.2, 0) is 16.0 Å². The number of hydrogen-bond donors (Lipinski definition) is 2. The van der Waals surface area contributed by atoms with Gasteiger partial charge in [0.15, 0.2) is 0 Å². The summed E-state index contributed by atoms with van der Waals surface area (Å²) in [4.78, 5) is 12.5. The summed E-state index contributed by atoms with van der Waals surface area (Å²) in [6, 6.07) is 8.34. The Labute approximate surface area is 138 Å². The van der Waals surface area contributed by atoms with E-state index in [1.54, 1.807) is 0 Å². The minimum atomic E-state index is -0.140. The molecule has 1 fully saturated rings. The van der Waals surface area contributed by atoms with Gasteiger partial charge >= 0.3 is 0 Å². The molecule has 4 heteroatoms. The van der Waals surface area contributed by atoms with E-state index < -0.39 is 0 Å². The van der Waals surface area contributed by atoms with E-state index in [2.05, 4.69) is 17.4 Å². The summed E-state index contributed by atoms with van der Waals surface area (Å²) in [6.45, 7) is 0.839. The van der Waals surface area contributed by atoms with Crippen LogP contribution in [0, 0.1) is 5.92 Å². The standard InChI is InChI=1S/C19H27NO3/c21-13-15-7-2-1-3-9-17(15)20-19(22)12-18-16-8-5-4-6-14(16)10-11-23-18/h4-6,8,15,17-18,21H,1-3,7,9-13H2,(H,20,22). The van der Waals surface area contributed by atoms with Crippen molar-refractivity contribution in [1.82, 2.24) is 5.32 Å². The normalized spacial score (nSPS) is 27.8. The second kappa shape index (κ2) is 7.93. The highest BCUT2D eigenvalue weighted by molar-refractivity contribution is 5.77. The second-order valence-electron chi connectivity index (χ2n) is 6.77.